The van der Waals surface area contributed by atoms with Crippen LogP contribution < -0.4 is 0 Å². The quantitative estimate of drug-likeness (QED) is 0.919. The number of benzene rings is 1. The molecule has 0 radical (unpaired) electrons. The van der Waals surface area contributed by atoms with Crippen LogP contribution in [0, 0.1) is 19.7 Å². The normalized spacial score (nSPS) is 12.7. The molecule has 5 heteroatoms. The van der Waals surface area contributed by atoms with Crippen LogP contribution in [0.4, 0.5) is 4.39 Å². The maximum atomic E-state index is 13.6. The lowest BCUT2D eigenvalue weighted by molar-refractivity contribution is 0.164. The Bertz CT molecular complexity index is 639. The van der Waals surface area contributed by atoms with Gasteiger partial charge in [0.25, 0.3) is 0 Å². The van der Waals surface area contributed by atoms with Crippen LogP contribution in [0.15, 0.2) is 18.2 Å². The van der Waals surface area contributed by atoms with Crippen molar-refractivity contribution in [3.8, 4) is 0 Å². The van der Waals surface area contributed by atoms with Gasteiger partial charge in [-0.15, -0.1) is 0 Å². The van der Waals surface area contributed by atoms with E-state index in [1.54, 1.807) is 6.07 Å². The van der Waals surface area contributed by atoms with Gasteiger partial charge < -0.3 is 5.11 Å². The van der Waals surface area contributed by atoms with Gasteiger partial charge in [-0.25, -0.2) is 4.39 Å². The number of aliphatic hydroxyl groups is 1. The van der Waals surface area contributed by atoms with Gasteiger partial charge in [0.1, 0.15) is 5.82 Å². The van der Waals surface area contributed by atoms with Gasteiger partial charge in [-0.2, -0.15) is 5.10 Å². The van der Waals surface area contributed by atoms with Crippen LogP contribution in [0.1, 0.15) is 28.9 Å². The molecule has 0 bridgehead atoms. The smallest absolute Gasteiger partial charge is 0.126 e. The summed E-state index contributed by atoms with van der Waals surface area (Å²) in [5.74, 6) is -0.327. The highest BCUT2D eigenvalue weighted by Gasteiger charge is 2.14. The molecule has 1 aromatic heterocycles. The SMILES string of the molecule is Cc1nn(C)c(C)c1CCC(O)Cc1cc(Cl)ccc1F. The van der Waals surface area contributed by atoms with Crippen molar-refractivity contribution in [1.29, 1.82) is 0 Å². The van der Waals surface area contributed by atoms with Crippen LogP contribution in [0.5, 0.6) is 0 Å². The zero-order valence-electron chi connectivity index (χ0n) is 12.5. The van der Waals surface area contributed by atoms with E-state index in [4.69, 9.17) is 11.6 Å². The highest BCUT2D eigenvalue weighted by Crippen LogP contribution is 2.19. The van der Waals surface area contributed by atoms with E-state index in [1.807, 2.05) is 25.6 Å². The van der Waals surface area contributed by atoms with Crippen molar-refractivity contribution >= 4 is 11.6 Å². The first-order chi connectivity index (χ1) is 9.88. The second-order valence-corrected chi connectivity index (χ2v) is 5.84. The van der Waals surface area contributed by atoms with Crippen molar-refractivity contribution in [3.63, 3.8) is 0 Å². The number of halogens is 2. The Labute approximate surface area is 129 Å². The first kappa shape index (κ1) is 16.0. The fourth-order valence-corrected chi connectivity index (χ4v) is 2.74. The number of nitrogens with zero attached hydrogens (tertiary/aromatic N) is 2. The van der Waals surface area contributed by atoms with E-state index in [1.165, 1.54) is 12.1 Å². The number of aliphatic hydroxyl groups excluding tert-OH is 1. The van der Waals surface area contributed by atoms with E-state index in [2.05, 4.69) is 5.10 Å². The Kier molecular flexibility index (Phi) is 5.01. The molecule has 0 fully saturated rings. The van der Waals surface area contributed by atoms with Gasteiger partial charge >= 0.3 is 0 Å². The minimum atomic E-state index is -0.600. The van der Waals surface area contributed by atoms with Crippen molar-refractivity contribution in [3.05, 3.63) is 51.6 Å². The molecule has 1 aromatic carbocycles. The highest BCUT2D eigenvalue weighted by molar-refractivity contribution is 6.30. The molecule has 21 heavy (non-hydrogen) atoms. The second-order valence-electron chi connectivity index (χ2n) is 5.41. The van der Waals surface area contributed by atoms with Gasteiger partial charge in [-0.05, 0) is 56.0 Å². The maximum absolute atomic E-state index is 13.6. The summed E-state index contributed by atoms with van der Waals surface area (Å²) in [6.07, 6.45) is 0.968. The Balaban J connectivity index is 1.99. The number of aromatic nitrogens is 2. The van der Waals surface area contributed by atoms with E-state index in [-0.39, 0.29) is 12.2 Å². The molecule has 1 atom stereocenters. The summed E-state index contributed by atoms with van der Waals surface area (Å²) < 4.78 is 15.5. The summed E-state index contributed by atoms with van der Waals surface area (Å²) in [4.78, 5) is 0. The zero-order chi connectivity index (χ0) is 15.6. The Morgan fingerprint density at radius 3 is 2.71 bits per heavy atom. The van der Waals surface area contributed by atoms with Gasteiger partial charge in [0.05, 0.1) is 11.8 Å². The van der Waals surface area contributed by atoms with Crippen LogP contribution in [0.2, 0.25) is 5.02 Å². The largest absolute Gasteiger partial charge is 0.393 e. The van der Waals surface area contributed by atoms with Crippen LogP contribution >= 0.6 is 11.6 Å². The summed E-state index contributed by atoms with van der Waals surface area (Å²) in [7, 11) is 1.91. The van der Waals surface area contributed by atoms with Crippen LogP contribution in [0.3, 0.4) is 0 Å². The third-order valence-electron chi connectivity index (χ3n) is 3.85. The standard InChI is InChI=1S/C16H20ClFN2O/c1-10-15(11(2)20(3)19-10)6-5-14(21)9-12-8-13(17)4-7-16(12)18/h4,7-8,14,21H,5-6,9H2,1-3H3. The Morgan fingerprint density at radius 1 is 1.38 bits per heavy atom. The van der Waals surface area contributed by atoms with Gasteiger partial charge in [-0.3, -0.25) is 4.68 Å². The summed E-state index contributed by atoms with van der Waals surface area (Å²) in [6, 6.07) is 4.41. The van der Waals surface area contributed by atoms with E-state index < -0.39 is 6.10 Å². The monoisotopic (exact) mass is 310 g/mol. The lowest BCUT2D eigenvalue weighted by atomic mass is 10.00. The van der Waals surface area contributed by atoms with Crippen molar-refractivity contribution in [2.45, 2.75) is 39.2 Å². The molecule has 0 aliphatic rings. The molecule has 0 amide bonds. The Hall–Kier alpha value is -1.39. The van der Waals surface area contributed by atoms with Crippen LogP contribution in [-0.4, -0.2) is 21.0 Å². The maximum Gasteiger partial charge on any atom is 0.126 e. The Morgan fingerprint density at radius 2 is 2.10 bits per heavy atom. The van der Waals surface area contributed by atoms with Crippen LogP contribution in [-0.2, 0) is 19.9 Å². The molecular formula is C16H20ClFN2O. The number of hydrogen-bond donors (Lipinski definition) is 1. The van der Waals surface area contributed by atoms with Gasteiger partial charge in [0.15, 0.2) is 0 Å². The first-order valence-corrected chi connectivity index (χ1v) is 7.37. The lowest BCUT2D eigenvalue weighted by Gasteiger charge is -2.12. The minimum absolute atomic E-state index is 0.269. The molecule has 2 rings (SSSR count). The number of hydrogen-bond acceptors (Lipinski definition) is 2. The van der Waals surface area contributed by atoms with E-state index in [0.29, 0.717) is 17.0 Å². The van der Waals surface area contributed by atoms with E-state index in [0.717, 1.165) is 23.4 Å². The minimum Gasteiger partial charge on any atom is -0.393 e. The average Bonchev–Trinajstić information content (AvgIpc) is 2.66. The fourth-order valence-electron chi connectivity index (χ4n) is 2.55. The van der Waals surface area contributed by atoms with Crippen molar-refractivity contribution in [2.75, 3.05) is 0 Å². The molecular weight excluding hydrogens is 291 g/mol. The molecule has 0 aliphatic heterocycles. The molecule has 0 spiro atoms. The number of aryl methyl sites for hydroxylation is 2. The highest BCUT2D eigenvalue weighted by atomic mass is 35.5. The predicted octanol–water partition coefficient (Wildman–Crippen LogP) is 3.37. The molecule has 2 aromatic rings. The molecule has 1 N–H and O–H groups in total. The third-order valence-corrected chi connectivity index (χ3v) is 4.08. The predicted molar refractivity (Wildman–Crippen MR) is 82.1 cm³/mol. The first-order valence-electron chi connectivity index (χ1n) is 6.99. The molecule has 0 aliphatic carbocycles. The molecule has 1 unspecified atom stereocenters. The molecule has 114 valence electrons. The summed E-state index contributed by atoms with van der Waals surface area (Å²) >= 11 is 5.86. The summed E-state index contributed by atoms with van der Waals surface area (Å²) in [6.45, 7) is 3.98. The van der Waals surface area contributed by atoms with E-state index >= 15 is 0 Å². The summed E-state index contributed by atoms with van der Waals surface area (Å²) in [5.41, 5.74) is 3.70. The summed E-state index contributed by atoms with van der Waals surface area (Å²) in [5, 5.41) is 15.0. The topological polar surface area (TPSA) is 38.0 Å². The van der Waals surface area contributed by atoms with E-state index in [9.17, 15) is 9.50 Å². The van der Waals surface area contributed by atoms with Gasteiger partial charge in [0, 0.05) is 24.2 Å². The van der Waals surface area contributed by atoms with Crippen LogP contribution in [0.25, 0.3) is 0 Å². The average molecular weight is 311 g/mol. The van der Waals surface area contributed by atoms with Crippen molar-refractivity contribution in [1.82, 2.24) is 9.78 Å². The van der Waals surface area contributed by atoms with Crippen molar-refractivity contribution < 1.29 is 9.50 Å². The second kappa shape index (κ2) is 6.58. The van der Waals surface area contributed by atoms with Gasteiger partial charge in [0.2, 0.25) is 0 Å². The molecule has 1 heterocycles. The zero-order valence-corrected chi connectivity index (χ0v) is 13.3. The molecule has 0 saturated carbocycles. The fraction of sp³-hybridized carbons (Fsp3) is 0.438. The van der Waals surface area contributed by atoms with Gasteiger partial charge in [-0.1, -0.05) is 11.6 Å². The molecule has 0 saturated heterocycles. The molecule has 3 nitrogen and oxygen atoms in total. The number of rotatable bonds is 5. The lowest BCUT2D eigenvalue weighted by Crippen LogP contribution is -2.13. The third kappa shape index (κ3) is 3.83. The van der Waals surface area contributed by atoms with Crippen molar-refractivity contribution in [2.24, 2.45) is 7.05 Å².